The SMILES string of the molecule is CCC(=O)COc1ccc2c(c1C)OC(N1CCOCC1)C(C)(C)C2=O. The molecular weight excluding hydrogens is 334 g/mol. The van der Waals surface area contributed by atoms with Crippen LogP contribution in [-0.2, 0) is 9.53 Å². The molecule has 1 unspecified atom stereocenters. The molecule has 1 atom stereocenters. The van der Waals surface area contributed by atoms with Crippen LogP contribution in [0.3, 0.4) is 0 Å². The number of fused-ring (bicyclic) bond motifs is 1. The summed E-state index contributed by atoms with van der Waals surface area (Å²) >= 11 is 0. The fourth-order valence-electron chi connectivity index (χ4n) is 3.48. The Morgan fingerprint density at radius 2 is 2.00 bits per heavy atom. The topological polar surface area (TPSA) is 65.1 Å². The molecule has 6 heteroatoms. The molecule has 0 aliphatic carbocycles. The molecule has 0 bridgehead atoms. The highest BCUT2D eigenvalue weighted by molar-refractivity contribution is 6.04. The van der Waals surface area contributed by atoms with E-state index < -0.39 is 5.41 Å². The summed E-state index contributed by atoms with van der Waals surface area (Å²) in [5.41, 5.74) is 0.678. The summed E-state index contributed by atoms with van der Waals surface area (Å²) in [5.74, 6) is 1.24. The van der Waals surface area contributed by atoms with Crippen LogP contribution in [0.1, 0.15) is 43.1 Å². The lowest BCUT2D eigenvalue weighted by Crippen LogP contribution is -2.57. The van der Waals surface area contributed by atoms with E-state index in [2.05, 4.69) is 4.90 Å². The van der Waals surface area contributed by atoms with Gasteiger partial charge in [-0.3, -0.25) is 14.5 Å². The highest BCUT2D eigenvalue weighted by Crippen LogP contribution is 2.43. The number of hydrogen-bond donors (Lipinski definition) is 0. The highest BCUT2D eigenvalue weighted by atomic mass is 16.5. The van der Waals surface area contributed by atoms with Gasteiger partial charge in [0.15, 0.2) is 17.8 Å². The summed E-state index contributed by atoms with van der Waals surface area (Å²) in [5, 5.41) is 0. The van der Waals surface area contributed by atoms with Crippen LogP contribution in [0.4, 0.5) is 0 Å². The first-order valence-electron chi connectivity index (χ1n) is 9.17. The van der Waals surface area contributed by atoms with Crippen LogP contribution in [0.2, 0.25) is 0 Å². The van der Waals surface area contributed by atoms with E-state index in [-0.39, 0.29) is 24.4 Å². The number of rotatable bonds is 5. The molecule has 6 nitrogen and oxygen atoms in total. The third-order valence-corrected chi connectivity index (χ3v) is 5.19. The number of ketones is 2. The number of carbonyl (C=O) groups excluding carboxylic acids is 2. The fraction of sp³-hybridized carbons (Fsp3) is 0.600. The smallest absolute Gasteiger partial charge is 0.177 e. The van der Waals surface area contributed by atoms with Gasteiger partial charge in [0.25, 0.3) is 0 Å². The fourth-order valence-corrected chi connectivity index (χ4v) is 3.48. The van der Waals surface area contributed by atoms with Crippen LogP contribution in [0, 0.1) is 12.3 Å². The summed E-state index contributed by atoms with van der Waals surface area (Å²) in [6.45, 7) is 10.3. The number of benzene rings is 1. The number of morpholine rings is 1. The van der Waals surface area contributed by atoms with Gasteiger partial charge in [-0.1, -0.05) is 6.92 Å². The first kappa shape index (κ1) is 18.9. The van der Waals surface area contributed by atoms with Gasteiger partial charge in [-0.05, 0) is 32.9 Å². The van der Waals surface area contributed by atoms with Crippen LogP contribution in [0.5, 0.6) is 11.5 Å². The van der Waals surface area contributed by atoms with E-state index in [1.54, 1.807) is 12.1 Å². The van der Waals surface area contributed by atoms with Crippen LogP contribution >= 0.6 is 0 Å². The van der Waals surface area contributed by atoms with E-state index in [1.165, 1.54) is 0 Å². The molecule has 0 aromatic heterocycles. The third-order valence-electron chi connectivity index (χ3n) is 5.19. The Labute approximate surface area is 154 Å². The molecule has 0 N–H and O–H groups in total. The van der Waals surface area contributed by atoms with Crippen molar-refractivity contribution < 1.29 is 23.8 Å². The lowest BCUT2D eigenvalue weighted by molar-refractivity contribution is -0.120. The Kier molecular flexibility index (Phi) is 5.34. The molecule has 1 fully saturated rings. The van der Waals surface area contributed by atoms with Gasteiger partial charge in [0, 0.05) is 25.1 Å². The van der Waals surface area contributed by atoms with E-state index in [4.69, 9.17) is 14.2 Å². The van der Waals surface area contributed by atoms with Gasteiger partial charge < -0.3 is 14.2 Å². The number of carbonyl (C=O) groups is 2. The molecule has 142 valence electrons. The third kappa shape index (κ3) is 3.35. The number of nitrogens with zero attached hydrogens (tertiary/aromatic N) is 1. The highest BCUT2D eigenvalue weighted by Gasteiger charge is 2.48. The van der Waals surface area contributed by atoms with Crippen molar-refractivity contribution in [3.63, 3.8) is 0 Å². The number of Topliss-reactive ketones (excluding diaryl/α,β-unsaturated/α-hetero) is 2. The van der Waals surface area contributed by atoms with Gasteiger partial charge in [0.2, 0.25) is 0 Å². The largest absolute Gasteiger partial charge is 0.485 e. The minimum Gasteiger partial charge on any atom is -0.485 e. The summed E-state index contributed by atoms with van der Waals surface area (Å²) in [4.78, 5) is 26.9. The molecule has 0 radical (unpaired) electrons. The van der Waals surface area contributed by atoms with E-state index in [1.807, 2.05) is 27.7 Å². The molecule has 0 spiro atoms. The average Bonchev–Trinajstić information content (AvgIpc) is 2.64. The van der Waals surface area contributed by atoms with Crippen molar-refractivity contribution in [3.05, 3.63) is 23.3 Å². The second-order valence-corrected chi connectivity index (χ2v) is 7.42. The summed E-state index contributed by atoms with van der Waals surface area (Å²) in [6, 6.07) is 3.50. The predicted octanol–water partition coefficient (Wildman–Crippen LogP) is 2.61. The van der Waals surface area contributed by atoms with Crippen molar-refractivity contribution in [2.24, 2.45) is 5.41 Å². The lowest BCUT2D eigenvalue weighted by Gasteiger charge is -2.45. The number of hydrogen-bond acceptors (Lipinski definition) is 6. The maximum Gasteiger partial charge on any atom is 0.177 e. The van der Waals surface area contributed by atoms with Crippen molar-refractivity contribution in [3.8, 4) is 11.5 Å². The van der Waals surface area contributed by atoms with Crippen LogP contribution in [0.25, 0.3) is 0 Å². The minimum absolute atomic E-state index is 0.0302. The molecule has 3 rings (SSSR count). The van der Waals surface area contributed by atoms with Gasteiger partial charge in [-0.2, -0.15) is 0 Å². The Balaban J connectivity index is 1.92. The van der Waals surface area contributed by atoms with Gasteiger partial charge >= 0.3 is 0 Å². The first-order valence-corrected chi connectivity index (χ1v) is 9.17. The van der Waals surface area contributed by atoms with Gasteiger partial charge in [-0.25, -0.2) is 0 Å². The molecule has 26 heavy (non-hydrogen) atoms. The van der Waals surface area contributed by atoms with Crippen LogP contribution < -0.4 is 9.47 Å². The predicted molar refractivity (Wildman–Crippen MR) is 96.9 cm³/mol. The zero-order valence-corrected chi connectivity index (χ0v) is 16.0. The van der Waals surface area contributed by atoms with Crippen molar-refractivity contribution >= 4 is 11.6 Å². The van der Waals surface area contributed by atoms with Gasteiger partial charge in [-0.15, -0.1) is 0 Å². The van der Waals surface area contributed by atoms with E-state index >= 15 is 0 Å². The quantitative estimate of drug-likeness (QED) is 0.803. The molecular formula is C20H27NO5. The molecule has 1 aromatic rings. The second-order valence-electron chi connectivity index (χ2n) is 7.42. The second kappa shape index (κ2) is 7.37. The van der Waals surface area contributed by atoms with Crippen LogP contribution in [-0.4, -0.2) is 55.6 Å². The monoisotopic (exact) mass is 361 g/mol. The van der Waals surface area contributed by atoms with Crippen molar-refractivity contribution in [1.82, 2.24) is 4.90 Å². The van der Waals surface area contributed by atoms with Gasteiger partial charge in [0.05, 0.1) is 24.2 Å². The number of ether oxygens (including phenoxy) is 3. The van der Waals surface area contributed by atoms with E-state index in [0.717, 1.165) is 18.7 Å². The average molecular weight is 361 g/mol. The first-order chi connectivity index (χ1) is 12.4. The summed E-state index contributed by atoms with van der Waals surface area (Å²) in [7, 11) is 0. The van der Waals surface area contributed by atoms with Crippen LogP contribution in [0.15, 0.2) is 12.1 Å². The Bertz CT molecular complexity index is 706. The molecule has 2 aliphatic heterocycles. The molecule has 1 saturated heterocycles. The zero-order chi connectivity index (χ0) is 18.9. The molecule has 2 heterocycles. The minimum atomic E-state index is -0.655. The van der Waals surface area contributed by atoms with Crippen molar-refractivity contribution in [2.75, 3.05) is 32.9 Å². The Morgan fingerprint density at radius 1 is 1.31 bits per heavy atom. The summed E-state index contributed by atoms with van der Waals surface area (Å²) < 4.78 is 17.4. The molecule has 0 amide bonds. The maximum atomic E-state index is 13.1. The summed E-state index contributed by atoms with van der Waals surface area (Å²) in [6.07, 6.45) is 0.0874. The Hall–Kier alpha value is -1.92. The van der Waals surface area contributed by atoms with E-state index in [0.29, 0.717) is 36.7 Å². The molecule has 0 saturated carbocycles. The normalized spacial score (nSPS) is 22.5. The Morgan fingerprint density at radius 3 is 2.65 bits per heavy atom. The van der Waals surface area contributed by atoms with Crippen molar-refractivity contribution in [1.29, 1.82) is 0 Å². The molecule has 1 aromatic carbocycles. The maximum absolute atomic E-state index is 13.1. The van der Waals surface area contributed by atoms with Crippen molar-refractivity contribution in [2.45, 2.75) is 40.3 Å². The molecule has 2 aliphatic rings. The van der Waals surface area contributed by atoms with Gasteiger partial charge in [0.1, 0.15) is 18.1 Å². The zero-order valence-electron chi connectivity index (χ0n) is 16.0. The standard InChI is InChI=1S/C20H27NO5/c1-5-14(22)12-25-16-7-6-15-17(13(16)2)26-19(20(3,4)18(15)23)21-8-10-24-11-9-21/h6-7,19H,5,8-12H2,1-4H3. The van der Waals surface area contributed by atoms with E-state index in [9.17, 15) is 9.59 Å². The lowest BCUT2D eigenvalue weighted by atomic mass is 9.79.